The summed E-state index contributed by atoms with van der Waals surface area (Å²) < 4.78 is 0. The second kappa shape index (κ2) is 7.97. The van der Waals surface area contributed by atoms with Crippen LogP contribution in [-0.4, -0.2) is 19.0 Å². The van der Waals surface area contributed by atoms with Gasteiger partial charge in [0.2, 0.25) is 5.91 Å². The van der Waals surface area contributed by atoms with Crippen LogP contribution in [0.25, 0.3) is 0 Å². The monoisotopic (exact) mass is 316 g/mol. The van der Waals surface area contributed by atoms with Gasteiger partial charge < -0.3 is 10.6 Å². The van der Waals surface area contributed by atoms with Crippen LogP contribution in [0.4, 0.5) is 5.69 Å². The summed E-state index contributed by atoms with van der Waals surface area (Å²) in [6.07, 6.45) is 0.869. The standard InChI is InChI=1S/C18H21ClN2O/c1-13-3-8-17(14(2)11-13)21-18(22)12-20-10-9-15-4-6-16(19)7-5-15/h3-8,11,20H,9-10,12H2,1-2H3,(H,21,22). The van der Waals surface area contributed by atoms with Crippen LogP contribution in [0.3, 0.4) is 0 Å². The van der Waals surface area contributed by atoms with Crippen LogP contribution in [0.2, 0.25) is 5.02 Å². The topological polar surface area (TPSA) is 41.1 Å². The van der Waals surface area contributed by atoms with Gasteiger partial charge in [0.1, 0.15) is 0 Å². The van der Waals surface area contributed by atoms with Crippen LogP contribution < -0.4 is 10.6 Å². The number of nitrogens with one attached hydrogen (secondary N) is 2. The molecule has 0 aliphatic heterocycles. The number of rotatable bonds is 6. The van der Waals surface area contributed by atoms with Crippen molar-refractivity contribution in [1.82, 2.24) is 5.32 Å². The Morgan fingerprint density at radius 2 is 1.82 bits per heavy atom. The molecule has 3 nitrogen and oxygen atoms in total. The van der Waals surface area contributed by atoms with E-state index in [0.29, 0.717) is 6.54 Å². The van der Waals surface area contributed by atoms with E-state index in [0.717, 1.165) is 29.2 Å². The molecule has 0 radical (unpaired) electrons. The first-order chi connectivity index (χ1) is 10.5. The first-order valence-electron chi connectivity index (χ1n) is 7.37. The predicted octanol–water partition coefficient (Wildman–Crippen LogP) is 3.73. The Kier molecular flexibility index (Phi) is 5.99. The molecule has 0 saturated heterocycles. The number of benzene rings is 2. The highest BCUT2D eigenvalue weighted by Gasteiger charge is 2.04. The van der Waals surface area contributed by atoms with Crippen molar-refractivity contribution in [2.24, 2.45) is 0 Å². The lowest BCUT2D eigenvalue weighted by molar-refractivity contribution is -0.115. The maximum atomic E-state index is 11.9. The van der Waals surface area contributed by atoms with E-state index in [1.165, 1.54) is 11.1 Å². The van der Waals surface area contributed by atoms with Gasteiger partial charge in [-0.25, -0.2) is 0 Å². The molecule has 0 spiro atoms. The maximum absolute atomic E-state index is 11.9. The molecular formula is C18H21ClN2O. The number of carbonyl (C=O) groups excluding carboxylic acids is 1. The highest BCUT2D eigenvalue weighted by Crippen LogP contribution is 2.15. The fourth-order valence-electron chi connectivity index (χ4n) is 2.23. The molecule has 0 fully saturated rings. The van der Waals surface area contributed by atoms with Crippen LogP contribution in [0.15, 0.2) is 42.5 Å². The van der Waals surface area contributed by atoms with Crippen LogP contribution >= 0.6 is 11.6 Å². The normalized spacial score (nSPS) is 10.5. The van der Waals surface area contributed by atoms with Gasteiger partial charge in [0.05, 0.1) is 6.54 Å². The molecule has 2 rings (SSSR count). The van der Waals surface area contributed by atoms with Crippen LogP contribution in [0.1, 0.15) is 16.7 Å². The zero-order valence-corrected chi connectivity index (χ0v) is 13.7. The predicted molar refractivity (Wildman–Crippen MR) is 92.6 cm³/mol. The van der Waals surface area contributed by atoms with Gasteiger partial charge >= 0.3 is 0 Å². The minimum atomic E-state index is -0.0249. The second-order valence-corrected chi connectivity index (χ2v) is 5.86. The zero-order valence-electron chi connectivity index (χ0n) is 12.9. The van der Waals surface area contributed by atoms with E-state index in [2.05, 4.69) is 16.7 Å². The lowest BCUT2D eigenvalue weighted by atomic mass is 10.1. The molecule has 2 N–H and O–H groups in total. The van der Waals surface area contributed by atoms with Crippen molar-refractivity contribution >= 4 is 23.2 Å². The van der Waals surface area contributed by atoms with Gasteiger partial charge in [-0.15, -0.1) is 0 Å². The average molecular weight is 317 g/mol. The van der Waals surface area contributed by atoms with Gasteiger partial charge in [0.15, 0.2) is 0 Å². The maximum Gasteiger partial charge on any atom is 0.238 e. The summed E-state index contributed by atoms with van der Waals surface area (Å²) in [5.41, 5.74) is 4.34. The van der Waals surface area contributed by atoms with Gasteiger partial charge in [-0.2, -0.15) is 0 Å². The Labute approximate surface area is 136 Å². The molecule has 4 heteroatoms. The van der Waals surface area contributed by atoms with Crippen molar-refractivity contribution in [3.63, 3.8) is 0 Å². The average Bonchev–Trinajstić information content (AvgIpc) is 2.48. The zero-order chi connectivity index (χ0) is 15.9. The van der Waals surface area contributed by atoms with E-state index in [1.54, 1.807) is 0 Å². The first-order valence-corrected chi connectivity index (χ1v) is 7.74. The van der Waals surface area contributed by atoms with E-state index in [-0.39, 0.29) is 5.91 Å². The van der Waals surface area contributed by atoms with Crippen molar-refractivity contribution in [2.75, 3.05) is 18.4 Å². The van der Waals surface area contributed by atoms with Crippen molar-refractivity contribution in [3.8, 4) is 0 Å². The van der Waals surface area contributed by atoms with Crippen molar-refractivity contribution in [1.29, 1.82) is 0 Å². The SMILES string of the molecule is Cc1ccc(NC(=O)CNCCc2ccc(Cl)cc2)c(C)c1. The van der Waals surface area contributed by atoms with Gasteiger partial charge in [-0.05, 0) is 56.1 Å². The molecule has 0 aliphatic carbocycles. The van der Waals surface area contributed by atoms with E-state index < -0.39 is 0 Å². The van der Waals surface area contributed by atoms with Gasteiger partial charge in [-0.1, -0.05) is 41.4 Å². The number of hydrogen-bond donors (Lipinski definition) is 2. The summed E-state index contributed by atoms with van der Waals surface area (Å²) in [7, 11) is 0. The van der Waals surface area contributed by atoms with Crippen LogP contribution in [0, 0.1) is 13.8 Å². The second-order valence-electron chi connectivity index (χ2n) is 5.42. The fourth-order valence-corrected chi connectivity index (χ4v) is 2.36. The molecule has 22 heavy (non-hydrogen) atoms. The Balaban J connectivity index is 1.72. The number of aryl methyl sites for hydroxylation is 2. The van der Waals surface area contributed by atoms with Crippen LogP contribution in [0.5, 0.6) is 0 Å². The minimum Gasteiger partial charge on any atom is -0.325 e. The Bertz CT molecular complexity index is 638. The van der Waals surface area contributed by atoms with Crippen molar-refractivity contribution in [2.45, 2.75) is 20.3 Å². The highest BCUT2D eigenvalue weighted by molar-refractivity contribution is 6.30. The smallest absolute Gasteiger partial charge is 0.238 e. The Morgan fingerprint density at radius 3 is 2.50 bits per heavy atom. The molecule has 0 saturated carbocycles. The summed E-state index contributed by atoms with van der Waals surface area (Å²) >= 11 is 5.85. The van der Waals surface area contributed by atoms with E-state index in [4.69, 9.17) is 11.6 Å². The number of hydrogen-bond acceptors (Lipinski definition) is 2. The lowest BCUT2D eigenvalue weighted by Gasteiger charge is -2.10. The summed E-state index contributed by atoms with van der Waals surface area (Å²) in [5, 5.41) is 6.82. The number of carbonyl (C=O) groups is 1. The third-order valence-electron chi connectivity index (χ3n) is 3.45. The third kappa shape index (κ3) is 5.17. The van der Waals surface area contributed by atoms with Crippen molar-refractivity contribution < 1.29 is 4.79 Å². The summed E-state index contributed by atoms with van der Waals surface area (Å²) in [5.74, 6) is -0.0249. The Morgan fingerprint density at radius 1 is 1.09 bits per heavy atom. The van der Waals surface area contributed by atoms with E-state index >= 15 is 0 Å². The molecule has 2 aromatic rings. The number of halogens is 1. The largest absolute Gasteiger partial charge is 0.325 e. The summed E-state index contributed by atoms with van der Waals surface area (Å²) in [6.45, 7) is 5.09. The first kappa shape index (κ1) is 16.5. The third-order valence-corrected chi connectivity index (χ3v) is 3.70. The number of anilines is 1. The number of amides is 1. The quantitative estimate of drug-likeness (QED) is 0.797. The van der Waals surface area contributed by atoms with Gasteiger partial charge in [-0.3, -0.25) is 4.79 Å². The summed E-state index contributed by atoms with van der Waals surface area (Å²) in [4.78, 5) is 11.9. The van der Waals surface area contributed by atoms with E-state index in [1.807, 2.05) is 50.2 Å². The molecule has 0 aromatic heterocycles. The lowest BCUT2D eigenvalue weighted by Crippen LogP contribution is -2.29. The molecular weight excluding hydrogens is 296 g/mol. The molecule has 1 amide bonds. The molecule has 0 aliphatic rings. The van der Waals surface area contributed by atoms with E-state index in [9.17, 15) is 4.79 Å². The van der Waals surface area contributed by atoms with Gasteiger partial charge in [0.25, 0.3) is 0 Å². The molecule has 2 aromatic carbocycles. The molecule has 0 unspecified atom stereocenters. The Hall–Kier alpha value is -1.84. The van der Waals surface area contributed by atoms with Gasteiger partial charge in [0, 0.05) is 10.7 Å². The minimum absolute atomic E-state index is 0.0249. The fraction of sp³-hybridized carbons (Fsp3) is 0.278. The summed E-state index contributed by atoms with van der Waals surface area (Å²) in [6, 6.07) is 13.8. The molecule has 0 heterocycles. The highest BCUT2D eigenvalue weighted by atomic mass is 35.5. The molecule has 0 bridgehead atoms. The molecule has 116 valence electrons. The van der Waals surface area contributed by atoms with Crippen LogP contribution in [-0.2, 0) is 11.2 Å². The molecule has 0 atom stereocenters. The van der Waals surface area contributed by atoms with Crippen molar-refractivity contribution in [3.05, 3.63) is 64.2 Å².